The van der Waals surface area contributed by atoms with Gasteiger partial charge in [0.2, 0.25) is 0 Å². The van der Waals surface area contributed by atoms with E-state index in [4.69, 9.17) is 0 Å². The van der Waals surface area contributed by atoms with Gasteiger partial charge in [-0.3, -0.25) is 4.79 Å². The van der Waals surface area contributed by atoms with Gasteiger partial charge in [0.25, 0.3) is 0 Å². The number of ether oxygens (including phenoxy) is 1. The van der Waals surface area contributed by atoms with Gasteiger partial charge in [-0.2, -0.15) is 8.78 Å². The number of ketones is 1. The molecule has 1 rings (SSSR count). The van der Waals surface area contributed by atoms with Crippen LogP contribution in [-0.4, -0.2) is 17.7 Å². The average molecular weight is 279 g/mol. The van der Waals surface area contributed by atoms with E-state index in [1.54, 1.807) is 12.1 Å². The van der Waals surface area contributed by atoms with Crippen LogP contribution in [0.5, 0.6) is 5.75 Å². The maximum atomic E-state index is 11.8. The summed E-state index contributed by atoms with van der Waals surface area (Å²) in [5.41, 5.74) is 0.779. The standard InChI is InChI=1S/C10H9BrF2O2/c11-6-8(14)5-7-1-3-9(4-2-7)15-10(12)13/h1-4,10H,5-6H2. The lowest BCUT2D eigenvalue weighted by Crippen LogP contribution is -2.04. The number of hydrogen-bond acceptors (Lipinski definition) is 2. The summed E-state index contributed by atoms with van der Waals surface area (Å²) in [6.07, 6.45) is 0.292. The summed E-state index contributed by atoms with van der Waals surface area (Å²) in [5.74, 6) is 0.137. The Hall–Kier alpha value is -0.970. The minimum absolute atomic E-state index is 0.0394. The largest absolute Gasteiger partial charge is 0.435 e. The number of halogens is 3. The molecular formula is C10H9BrF2O2. The summed E-state index contributed by atoms with van der Waals surface area (Å²) in [6, 6.07) is 6.03. The second-order valence-corrected chi connectivity index (χ2v) is 3.43. The van der Waals surface area contributed by atoms with Gasteiger partial charge in [-0.1, -0.05) is 28.1 Å². The maximum absolute atomic E-state index is 11.8. The average Bonchev–Trinajstić information content (AvgIpc) is 2.20. The number of benzene rings is 1. The van der Waals surface area contributed by atoms with Crippen molar-refractivity contribution in [2.75, 3.05) is 5.33 Å². The fourth-order valence-electron chi connectivity index (χ4n) is 1.06. The zero-order chi connectivity index (χ0) is 11.3. The Morgan fingerprint density at radius 3 is 2.40 bits per heavy atom. The van der Waals surface area contributed by atoms with E-state index < -0.39 is 6.61 Å². The number of alkyl halides is 3. The molecule has 0 spiro atoms. The van der Waals surface area contributed by atoms with Crippen molar-refractivity contribution in [3.05, 3.63) is 29.8 Å². The lowest BCUT2D eigenvalue weighted by Gasteiger charge is -2.04. The van der Waals surface area contributed by atoms with E-state index in [1.165, 1.54) is 12.1 Å². The number of rotatable bonds is 5. The molecule has 15 heavy (non-hydrogen) atoms. The second-order valence-electron chi connectivity index (χ2n) is 2.87. The Balaban J connectivity index is 2.60. The van der Waals surface area contributed by atoms with Gasteiger partial charge >= 0.3 is 6.61 Å². The van der Waals surface area contributed by atoms with Crippen molar-refractivity contribution < 1.29 is 18.3 Å². The molecule has 0 unspecified atom stereocenters. The van der Waals surface area contributed by atoms with Crippen molar-refractivity contribution in [2.24, 2.45) is 0 Å². The first kappa shape index (κ1) is 12.1. The quantitative estimate of drug-likeness (QED) is 0.775. The zero-order valence-corrected chi connectivity index (χ0v) is 9.34. The molecule has 0 radical (unpaired) electrons. The Labute approximate surface area is 94.4 Å². The van der Waals surface area contributed by atoms with Gasteiger partial charge in [0, 0.05) is 6.42 Å². The van der Waals surface area contributed by atoms with E-state index in [0.717, 1.165) is 5.56 Å². The van der Waals surface area contributed by atoms with Gasteiger partial charge in [0.05, 0.1) is 5.33 Å². The molecule has 0 aliphatic rings. The van der Waals surface area contributed by atoms with Crippen molar-refractivity contribution in [3.63, 3.8) is 0 Å². The molecule has 0 fully saturated rings. The first-order valence-corrected chi connectivity index (χ1v) is 5.35. The van der Waals surface area contributed by atoms with Crippen LogP contribution < -0.4 is 4.74 Å². The number of carbonyl (C=O) groups excluding carboxylic acids is 1. The van der Waals surface area contributed by atoms with Gasteiger partial charge in [-0.15, -0.1) is 0 Å². The molecule has 0 saturated heterocycles. The van der Waals surface area contributed by atoms with Gasteiger partial charge in [0.1, 0.15) is 11.5 Å². The highest BCUT2D eigenvalue weighted by atomic mass is 79.9. The Bertz CT molecular complexity index is 325. The van der Waals surface area contributed by atoms with Gasteiger partial charge in [0.15, 0.2) is 0 Å². The van der Waals surface area contributed by atoms with Crippen LogP contribution in [0.2, 0.25) is 0 Å². The number of hydrogen-bond donors (Lipinski definition) is 0. The molecule has 0 amide bonds. The first-order chi connectivity index (χ1) is 7.11. The third-order valence-corrected chi connectivity index (χ3v) is 2.32. The van der Waals surface area contributed by atoms with Crippen molar-refractivity contribution in [3.8, 4) is 5.75 Å². The summed E-state index contributed by atoms with van der Waals surface area (Å²) >= 11 is 3.05. The monoisotopic (exact) mass is 278 g/mol. The number of Topliss-reactive ketones (excluding diaryl/α,β-unsaturated/α-hetero) is 1. The minimum Gasteiger partial charge on any atom is -0.435 e. The fraction of sp³-hybridized carbons (Fsp3) is 0.300. The van der Waals surface area contributed by atoms with E-state index in [-0.39, 0.29) is 11.5 Å². The van der Waals surface area contributed by atoms with Crippen LogP contribution in [0.4, 0.5) is 8.78 Å². The number of carbonyl (C=O) groups is 1. The van der Waals surface area contributed by atoms with Crippen LogP contribution in [0.15, 0.2) is 24.3 Å². The second kappa shape index (κ2) is 5.80. The Kier molecular flexibility index (Phi) is 4.68. The molecule has 0 aromatic heterocycles. The molecule has 0 aliphatic carbocycles. The van der Waals surface area contributed by atoms with Crippen molar-refractivity contribution >= 4 is 21.7 Å². The van der Waals surface area contributed by atoms with Crippen molar-refractivity contribution in [2.45, 2.75) is 13.0 Å². The van der Waals surface area contributed by atoms with E-state index in [9.17, 15) is 13.6 Å². The van der Waals surface area contributed by atoms with Crippen molar-refractivity contribution in [1.82, 2.24) is 0 Å². The molecule has 0 atom stereocenters. The van der Waals surface area contributed by atoms with E-state index in [2.05, 4.69) is 20.7 Å². The predicted molar refractivity (Wildman–Crippen MR) is 55.6 cm³/mol. The molecule has 0 aliphatic heterocycles. The molecule has 2 nitrogen and oxygen atoms in total. The Morgan fingerprint density at radius 1 is 1.33 bits per heavy atom. The summed E-state index contributed by atoms with van der Waals surface area (Å²) in [4.78, 5) is 11.0. The van der Waals surface area contributed by atoms with Gasteiger partial charge in [-0.05, 0) is 17.7 Å². The normalized spacial score (nSPS) is 10.4. The SMILES string of the molecule is O=C(CBr)Cc1ccc(OC(F)F)cc1. The highest BCUT2D eigenvalue weighted by Crippen LogP contribution is 2.15. The lowest BCUT2D eigenvalue weighted by molar-refractivity contribution is -0.115. The highest BCUT2D eigenvalue weighted by Gasteiger charge is 2.05. The zero-order valence-electron chi connectivity index (χ0n) is 7.75. The molecule has 1 aromatic rings. The summed E-state index contributed by atoms with van der Waals surface area (Å²) < 4.78 is 27.8. The molecular weight excluding hydrogens is 270 g/mol. The van der Waals surface area contributed by atoms with Gasteiger partial charge < -0.3 is 4.74 Å². The summed E-state index contributed by atoms with van der Waals surface area (Å²) in [5, 5.41) is 0.294. The molecule has 5 heteroatoms. The minimum atomic E-state index is -2.82. The van der Waals surface area contributed by atoms with E-state index >= 15 is 0 Å². The highest BCUT2D eigenvalue weighted by molar-refractivity contribution is 9.09. The molecule has 82 valence electrons. The van der Waals surface area contributed by atoms with E-state index in [0.29, 0.717) is 11.8 Å². The van der Waals surface area contributed by atoms with E-state index in [1.807, 2.05) is 0 Å². The van der Waals surface area contributed by atoms with Crippen LogP contribution in [-0.2, 0) is 11.2 Å². The molecule has 0 bridgehead atoms. The topological polar surface area (TPSA) is 26.3 Å². The Morgan fingerprint density at radius 2 is 1.93 bits per heavy atom. The summed E-state index contributed by atoms with van der Waals surface area (Å²) in [7, 11) is 0. The van der Waals surface area contributed by atoms with Crippen LogP contribution in [0.1, 0.15) is 5.56 Å². The smallest absolute Gasteiger partial charge is 0.387 e. The third kappa shape index (κ3) is 4.38. The lowest BCUT2D eigenvalue weighted by atomic mass is 10.1. The third-order valence-electron chi connectivity index (χ3n) is 1.70. The van der Waals surface area contributed by atoms with Gasteiger partial charge in [-0.25, -0.2) is 0 Å². The fourth-order valence-corrected chi connectivity index (χ4v) is 1.26. The first-order valence-electron chi connectivity index (χ1n) is 4.23. The van der Waals surface area contributed by atoms with Crippen molar-refractivity contribution in [1.29, 1.82) is 0 Å². The molecule has 0 saturated carbocycles. The van der Waals surface area contributed by atoms with Crippen LogP contribution >= 0.6 is 15.9 Å². The van der Waals surface area contributed by atoms with Crippen LogP contribution in [0.3, 0.4) is 0 Å². The predicted octanol–water partition coefficient (Wildman–Crippen LogP) is 2.79. The molecule has 0 N–H and O–H groups in total. The molecule has 1 aromatic carbocycles. The van der Waals surface area contributed by atoms with Crippen LogP contribution in [0, 0.1) is 0 Å². The maximum Gasteiger partial charge on any atom is 0.387 e. The summed E-state index contributed by atoms with van der Waals surface area (Å²) in [6.45, 7) is -2.82. The molecule has 0 heterocycles. The van der Waals surface area contributed by atoms with Crippen LogP contribution in [0.25, 0.3) is 0 Å².